The maximum atomic E-state index is 5.56. The van der Waals surface area contributed by atoms with Gasteiger partial charge in [-0.2, -0.15) is 0 Å². The Labute approximate surface area is 105 Å². The normalized spacial score (nSPS) is 10.8. The van der Waals surface area contributed by atoms with Gasteiger partial charge in [-0.05, 0) is 64.1 Å². The van der Waals surface area contributed by atoms with Crippen LogP contribution in [0.2, 0.25) is 0 Å². The Hall–Kier alpha value is -1.06. The minimum atomic E-state index is 0.683. The first-order valence-corrected chi connectivity index (χ1v) is 6.29. The number of nitrogens with zero attached hydrogens (tertiary/aromatic N) is 1. The standard InChI is InChI=1S/C14H24N2O/c1-16(2)11-3-5-13-6-8-14(9-7-13)17-12-4-10-15/h6-9H,3-5,10-12,15H2,1-2H3. The van der Waals surface area contributed by atoms with E-state index in [-0.39, 0.29) is 0 Å². The fourth-order valence-corrected chi connectivity index (χ4v) is 1.63. The minimum Gasteiger partial charge on any atom is -0.494 e. The van der Waals surface area contributed by atoms with Gasteiger partial charge in [0.2, 0.25) is 0 Å². The van der Waals surface area contributed by atoms with Gasteiger partial charge in [-0.3, -0.25) is 0 Å². The van der Waals surface area contributed by atoms with Gasteiger partial charge in [-0.1, -0.05) is 12.1 Å². The lowest BCUT2D eigenvalue weighted by molar-refractivity contribution is 0.313. The van der Waals surface area contributed by atoms with E-state index < -0.39 is 0 Å². The molecule has 17 heavy (non-hydrogen) atoms. The van der Waals surface area contributed by atoms with E-state index in [2.05, 4.69) is 31.1 Å². The van der Waals surface area contributed by atoms with Crippen LogP contribution >= 0.6 is 0 Å². The molecular weight excluding hydrogens is 212 g/mol. The topological polar surface area (TPSA) is 38.5 Å². The van der Waals surface area contributed by atoms with Gasteiger partial charge in [0.05, 0.1) is 6.61 Å². The predicted octanol–water partition coefficient (Wildman–Crippen LogP) is 1.91. The monoisotopic (exact) mass is 236 g/mol. The van der Waals surface area contributed by atoms with Crippen molar-refractivity contribution >= 4 is 0 Å². The number of benzene rings is 1. The molecule has 0 aliphatic carbocycles. The molecule has 0 aliphatic rings. The molecule has 96 valence electrons. The summed E-state index contributed by atoms with van der Waals surface area (Å²) in [5.74, 6) is 0.940. The van der Waals surface area contributed by atoms with Gasteiger partial charge in [-0.15, -0.1) is 0 Å². The molecule has 1 aromatic carbocycles. The quantitative estimate of drug-likeness (QED) is 0.701. The second kappa shape index (κ2) is 8.09. The zero-order chi connectivity index (χ0) is 12.5. The van der Waals surface area contributed by atoms with Crippen LogP contribution in [0.1, 0.15) is 18.4 Å². The summed E-state index contributed by atoms with van der Waals surface area (Å²) < 4.78 is 5.56. The van der Waals surface area contributed by atoms with Gasteiger partial charge in [0.15, 0.2) is 0 Å². The van der Waals surface area contributed by atoms with Crippen LogP contribution < -0.4 is 10.5 Å². The molecular formula is C14H24N2O. The summed E-state index contributed by atoms with van der Waals surface area (Å²) >= 11 is 0. The first-order chi connectivity index (χ1) is 8.22. The highest BCUT2D eigenvalue weighted by Gasteiger charge is 1.97. The number of ether oxygens (including phenoxy) is 1. The Morgan fingerprint density at radius 1 is 1.12 bits per heavy atom. The van der Waals surface area contributed by atoms with Crippen molar-refractivity contribution in [2.24, 2.45) is 5.73 Å². The molecule has 0 unspecified atom stereocenters. The lowest BCUT2D eigenvalue weighted by Crippen LogP contribution is -2.13. The lowest BCUT2D eigenvalue weighted by Gasteiger charge is -2.09. The molecule has 0 fully saturated rings. The number of hydrogen-bond donors (Lipinski definition) is 1. The third-order valence-electron chi connectivity index (χ3n) is 2.61. The molecule has 0 spiro atoms. The average molecular weight is 236 g/mol. The van der Waals surface area contributed by atoms with Crippen molar-refractivity contribution in [2.75, 3.05) is 33.8 Å². The molecule has 1 rings (SSSR count). The summed E-state index contributed by atoms with van der Waals surface area (Å²) in [7, 11) is 4.21. The van der Waals surface area contributed by atoms with Crippen LogP contribution in [0.3, 0.4) is 0 Å². The Bertz CT molecular complexity index is 296. The van der Waals surface area contributed by atoms with Crippen molar-refractivity contribution in [2.45, 2.75) is 19.3 Å². The number of nitrogens with two attached hydrogens (primary N) is 1. The largest absolute Gasteiger partial charge is 0.494 e. The van der Waals surface area contributed by atoms with E-state index >= 15 is 0 Å². The molecule has 0 aromatic heterocycles. The second-order valence-electron chi connectivity index (χ2n) is 4.54. The van der Waals surface area contributed by atoms with Gasteiger partial charge < -0.3 is 15.4 Å². The first kappa shape index (κ1) is 14.0. The van der Waals surface area contributed by atoms with Gasteiger partial charge in [0, 0.05) is 0 Å². The Balaban J connectivity index is 2.29. The van der Waals surface area contributed by atoms with Gasteiger partial charge in [0.25, 0.3) is 0 Å². The third kappa shape index (κ3) is 6.29. The molecule has 0 saturated carbocycles. The molecule has 3 heteroatoms. The highest BCUT2D eigenvalue weighted by Crippen LogP contribution is 2.13. The second-order valence-corrected chi connectivity index (χ2v) is 4.54. The summed E-state index contributed by atoms with van der Waals surface area (Å²) in [6, 6.07) is 8.38. The Morgan fingerprint density at radius 2 is 1.82 bits per heavy atom. The van der Waals surface area contributed by atoms with E-state index in [1.54, 1.807) is 0 Å². The van der Waals surface area contributed by atoms with Crippen LogP contribution in [0, 0.1) is 0 Å². The maximum absolute atomic E-state index is 5.56. The first-order valence-electron chi connectivity index (χ1n) is 6.29. The Kier molecular flexibility index (Phi) is 6.67. The van der Waals surface area contributed by atoms with E-state index in [0.717, 1.165) is 25.1 Å². The van der Waals surface area contributed by atoms with Crippen molar-refractivity contribution in [3.63, 3.8) is 0 Å². The summed E-state index contributed by atoms with van der Waals surface area (Å²) in [5, 5.41) is 0. The molecule has 1 aromatic rings. The summed E-state index contributed by atoms with van der Waals surface area (Å²) in [6.07, 6.45) is 3.23. The molecule has 0 saturated heterocycles. The fourth-order valence-electron chi connectivity index (χ4n) is 1.63. The van der Waals surface area contributed by atoms with Crippen molar-refractivity contribution in [1.29, 1.82) is 0 Å². The third-order valence-corrected chi connectivity index (χ3v) is 2.61. The van der Waals surface area contributed by atoms with E-state index in [9.17, 15) is 0 Å². The van der Waals surface area contributed by atoms with Crippen molar-refractivity contribution in [3.8, 4) is 5.75 Å². The van der Waals surface area contributed by atoms with E-state index in [4.69, 9.17) is 10.5 Å². The SMILES string of the molecule is CN(C)CCCc1ccc(OCCCN)cc1. The average Bonchev–Trinajstić information content (AvgIpc) is 2.31. The summed E-state index contributed by atoms with van der Waals surface area (Å²) in [6.45, 7) is 2.52. The smallest absolute Gasteiger partial charge is 0.119 e. The molecule has 0 heterocycles. The summed E-state index contributed by atoms with van der Waals surface area (Å²) in [4.78, 5) is 2.21. The van der Waals surface area contributed by atoms with Crippen LogP contribution in [-0.4, -0.2) is 38.7 Å². The molecule has 3 nitrogen and oxygen atoms in total. The summed E-state index contributed by atoms with van der Waals surface area (Å²) in [5.41, 5.74) is 6.79. The predicted molar refractivity (Wildman–Crippen MR) is 72.5 cm³/mol. The van der Waals surface area contributed by atoms with E-state index in [0.29, 0.717) is 13.2 Å². The fraction of sp³-hybridized carbons (Fsp3) is 0.571. The Morgan fingerprint density at radius 3 is 2.41 bits per heavy atom. The molecule has 0 atom stereocenters. The number of rotatable bonds is 8. The number of hydrogen-bond acceptors (Lipinski definition) is 3. The highest BCUT2D eigenvalue weighted by atomic mass is 16.5. The van der Waals surface area contributed by atoms with E-state index in [1.807, 2.05) is 12.1 Å². The highest BCUT2D eigenvalue weighted by molar-refractivity contribution is 5.27. The number of aryl methyl sites for hydroxylation is 1. The van der Waals surface area contributed by atoms with Gasteiger partial charge in [0.1, 0.15) is 5.75 Å². The van der Waals surface area contributed by atoms with Crippen LogP contribution in [0.15, 0.2) is 24.3 Å². The zero-order valence-electron chi connectivity index (χ0n) is 11.0. The van der Waals surface area contributed by atoms with Crippen molar-refractivity contribution in [3.05, 3.63) is 29.8 Å². The maximum Gasteiger partial charge on any atom is 0.119 e. The van der Waals surface area contributed by atoms with Crippen LogP contribution in [0.25, 0.3) is 0 Å². The molecule has 0 radical (unpaired) electrons. The molecule has 0 amide bonds. The minimum absolute atomic E-state index is 0.683. The molecule has 2 N–H and O–H groups in total. The van der Waals surface area contributed by atoms with Crippen LogP contribution in [0.5, 0.6) is 5.75 Å². The van der Waals surface area contributed by atoms with Crippen LogP contribution in [0.4, 0.5) is 0 Å². The van der Waals surface area contributed by atoms with Gasteiger partial charge >= 0.3 is 0 Å². The molecule has 0 bridgehead atoms. The van der Waals surface area contributed by atoms with E-state index in [1.165, 1.54) is 12.0 Å². The van der Waals surface area contributed by atoms with Crippen molar-refractivity contribution in [1.82, 2.24) is 4.90 Å². The van der Waals surface area contributed by atoms with Crippen LogP contribution in [-0.2, 0) is 6.42 Å². The van der Waals surface area contributed by atoms with Gasteiger partial charge in [-0.25, -0.2) is 0 Å². The molecule has 0 aliphatic heterocycles. The zero-order valence-corrected chi connectivity index (χ0v) is 11.0. The van der Waals surface area contributed by atoms with Crippen molar-refractivity contribution < 1.29 is 4.74 Å². The lowest BCUT2D eigenvalue weighted by atomic mass is 10.1.